The van der Waals surface area contributed by atoms with Crippen molar-refractivity contribution in [3.63, 3.8) is 0 Å². The van der Waals surface area contributed by atoms with Crippen molar-refractivity contribution in [3.8, 4) is 5.75 Å². The number of carbonyl (C=O) groups excluding carboxylic acids is 1. The fraction of sp³-hybridized carbons (Fsp3) is 0.650. The smallest absolute Gasteiger partial charge is 0.338 e. The number of hydrogen-bond acceptors (Lipinski definition) is 5. The molecule has 3 fully saturated rings. The average molecular weight is 362 g/mol. The Bertz CT molecular complexity index is 652. The van der Waals surface area contributed by atoms with Crippen LogP contribution in [-0.4, -0.2) is 40.9 Å². The summed E-state index contributed by atoms with van der Waals surface area (Å²) < 4.78 is 17.1. The van der Waals surface area contributed by atoms with E-state index in [4.69, 9.17) is 14.2 Å². The van der Waals surface area contributed by atoms with E-state index in [9.17, 15) is 4.79 Å². The Morgan fingerprint density at radius 1 is 1.36 bits per heavy atom. The first-order valence-electron chi connectivity index (χ1n) is 9.11. The lowest BCUT2D eigenvalue weighted by Gasteiger charge is -2.37. The summed E-state index contributed by atoms with van der Waals surface area (Å²) in [6.07, 6.45) is 3.74. The van der Waals surface area contributed by atoms with Crippen LogP contribution in [0.4, 0.5) is 0 Å². The molecule has 25 heavy (non-hydrogen) atoms. The van der Waals surface area contributed by atoms with Crippen molar-refractivity contribution in [2.24, 2.45) is 5.92 Å². The SMILES string of the molecule is CC(C)(OC(=O)c1ccc(OCC2CO2)cc1)C1CCC2(C)SC2C1. The van der Waals surface area contributed by atoms with Crippen molar-refractivity contribution >= 4 is 17.7 Å². The van der Waals surface area contributed by atoms with E-state index >= 15 is 0 Å². The molecule has 5 heteroatoms. The molecule has 4 rings (SSSR count). The van der Waals surface area contributed by atoms with Crippen molar-refractivity contribution in [2.45, 2.75) is 61.7 Å². The zero-order valence-electron chi connectivity index (χ0n) is 15.1. The van der Waals surface area contributed by atoms with Crippen molar-refractivity contribution in [1.29, 1.82) is 0 Å². The van der Waals surface area contributed by atoms with Crippen LogP contribution in [0.15, 0.2) is 24.3 Å². The normalized spacial score (nSPS) is 33.3. The first kappa shape index (κ1) is 17.2. The molecule has 4 nitrogen and oxygen atoms in total. The summed E-state index contributed by atoms with van der Waals surface area (Å²) in [5.74, 6) is 0.938. The fourth-order valence-corrected chi connectivity index (χ4v) is 5.06. The number of rotatable bonds is 6. The second kappa shape index (κ2) is 6.20. The number of hydrogen-bond donors (Lipinski definition) is 0. The number of fused-ring (bicyclic) bond motifs is 1. The highest BCUT2D eigenvalue weighted by molar-refractivity contribution is 8.08. The molecule has 2 saturated heterocycles. The quantitative estimate of drug-likeness (QED) is 0.564. The Morgan fingerprint density at radius 3 is 2.72 bits per heavy atom. The summed E-state index contributed by atoms with van der Waals surface area (Å²) in [5, 5.41) is 0.746. The van der Waals surface area contributed by atoms with Crippen LogP contribution in [0.5, 0.6) is 5.75 Å². The molecule has 0 aromatic heterocycles. The summed E-state index contributed by atoms with van der Waals surface area (Å²) in [6.45, 7) is 7.81. The van der Waals surface area contributed by atoms with Crippen LogP contribution in [0.1, 0.15) is 50.4 Å². The Kier molecular flexibility index (Phi) is 4.27. The number of carbonyl (C=O) groups is 1. The standard InChI is InChI=1S/C20H26O4S/c1-19(2,14-8-9-20(3)17(10-14)25-20)24-18(21)13-4-6-15(7-5-13)22-11-16-12-23-16/h4-7,14,16-17H,8-12H2,1-3H3. The first-order chi connectivity index (χ1) is 11.9. The van der Waals surface area contributed by atoms with Gasteiger partial charge in [-0.2, -0.15) is 0 Å². The van der Waals surface area contributed by atoms with Crippen LogP contribution in [0.2, 0.25) is 0 Å². The molecule has 3 aliphatic rings. The minimum absolute atomic E-state index is 0.229. The molecular weight excluding hydrogens is 336 g/mol. The van der Waals surface area contributed by atoms with Crippen molar-refractivity contribution < 1.29 is 19.0 Å². The van der Waals surface area contributed by atoms with E-state index in [1.54, 1.807) is 12.1 Å². The molecule has 4 atom stereocenters. The molecule has 0 amide bonds. The highest BCUT2D eigenvalue weighted by atomic mass is 32.2. The molecular formula is C20H26O4S. The second-order valence-corrected chi connectivity index (χ2v) is 9.91. The number of epoxide rings is 1. The maximum atomic E-state index is 12.6. The molecule has 0 radical (unpaired) electrons. The minimum Gasteiger partial charge on any atom is -0.491 e. The highest BCUT2D eigenvalue weighted by Gasteiger charge is 2.56. The minimum atomic E-state index is -0.431. The topological polar surface area (TPSA) is 48.1 Å². The third-order valence-corrected chi connectivity index (χ3v) is 7.56. The summed E-state index contributed by atoms with van der Waals surface area (Å²) in [7, 11) is 0. The highest BCUT2D eigenvalue weighted by Crippen LogP contribution is 2.63. The molecule has 136 valence electrons. The zero-order chi connectivity index (χ0) is 17.7. The summed E-state index contributed by atoms with van der Waals surface area (Å²) in [6, 6.07) is 7.18. The van der Waals surface area contributed by atoms with Crippen LogP contribution in [0.25, 0.3) is 0 Å². The van der Waals surface area contributed by atoms with Gasteiger partial charge in [0.1, 0.15) is 24.1 Å². The molecule has 1 aromatic rings. The van der Waals surface area contributed by atoms with E-state index in [1.165, 1.54) is 6.42 Å². The maximum Gasteiger partial charge on any atom is 0.338 e. The van der Waals surface area contributed by atoms with E-state index in [0.29, 0.717) is 22.8 Å². The predicted molar refractivity (Wildman–Crippen MR) is 98.3 cm³/mol. The Hall–Kier alpha value is -1.20. The molecule has 0 spiro atoms. The third-order valence-electron chi connectivity index (χ3n) is 5.79. The monoisotopic (exact) mass is 362 g/mol. The first-order valence-corrected chi connectivity index (χ1v) is 9.99. The number of thioether (sulfide) groups is 1. The Morgan fingerprint density at radius 2 is 2.08 bits per heavy atom. The van der Waals surface area contributed by atoms with Crippen molar-refractivity contribution in [3.05, 3.63) is 29.8 Å². The van der Waals surface area contributed by atoms with Gasteiger partial charge in [-0.15, -0.1) is 11.8 Å². The summed E-state index contributed by atoms with van der Waals surface area (Å²) in [5.41, 5.74) is 0.143. The molecule has 0 bridgehead atoms. The maximum absolute atomic E-state index is 12.6. The van der Waals surface area contributed by atoms with Gasteiger partial charge in [0.15, 0.2) is 0 Å². The lowest BCUT2D eigenvalue weighted by Crippen LogP contribution is -2.40. The second-order valence-electron chi connectivity index (χ2n) is 8.17. The lowest BCUT2D eigenvalue weighted by molar-refractivity contribution is -0.0377. The van der Waals surface area contributed by atoms with Gasteiger partial charge in [-0.25, -0.2) is 4.79 Å². The van der Waals surface area contributed by atoms with Gasteiger partial charge in [-0.05, 0) is 70.2 Å². The van der Waals surface area contributed by atoms with Crippen molar-refractivity contribution in [2.75, 3.05) is 13.2 Å². The number of esters is 1. The molecule has 2 aliphatic heterocycles. The molecule has 0 N–H and O–H groups in total. The van der Waals surface area contributed by atoms with E-state index in [-0.39, 0.29) is 12.1 Å². The third kappa shape index (κ3) is 3.82. The van der Waals surface area contributed by atoms with Gasteiger partial charge in [0.25, 0.3) is 0 Å². The van der Waals surface area contributed by atoms with Crippen molar-refractivity contribution in [1.82, 2.24) is 0 Å². The largest absolute Gasteiger partial charge is 0.491 e. The van der Waals surface area contributed by atoms with Gasteiger partial charge < -0.3 is 14.2 Å². The van der Waals surface area contributed by atoms with E-state index < -0.39 is 5.60 Å². The summed E-state index contributed by atoms with van der Waals surface area (Å²) >= 11 is 2.09. The Balaban J connectivity index is 1.33. The van der Waals surface area contributed by atoms with Gasteiger partial charge in [-0.1, -0.05) is 0 Å². The van der Waals surface area contributed by atoms with E-state index in [2.05, 4.69) is 32.5 Å². The molecule has 1 aromatic carbocycles. The van der Waals surface area contributed by atoms with Crippen LogP contribution < -0.4 is 4.74 Å². The fourth-order valence-electron chi connectivity index (χ4n) is 3.70. The van der Waals surface area contributed by atoms with Crippen LogP contribution in [-0.2, 0) is 9.47 Å². The molecule has 1 saturated carbocycles. The van der Waals surface area contributed by atoms with E-state index in [1.807, 2.05) is 12.1 Å². The van der Waals surface area contributed by atoms with Crippen LogP contribution in [0, 0.1) is 5.92 Å². The lowest BCUT2D eigenvalue weighted by atomic mass is 9.75. The number of benzene rings is 1. The summed E-state index contributed by atoms with van der Waals surface area (Å²) in [4.78, 5) is 12.6. The van der Waals surface area contributed by atoms with Gasteiger partial charge in [0.05, 0.1) is 12.2 Å². The molecule has 2 heterocycles. The van der Waals surface area contributed by atoms with E-state index in [0.717, 1.165) is 30.4 Å². The molecule has 4 unspecified atom stereocenters. The van der Waals surface area contributed by atoms with Crippen LogP contribution >= 0.6 is 11.8 Å². The number of ether oxygens (including phenoxy) is 3. The van der Waals surface area contributed by atoms with Gasteiger partial charge in [-0.3, -0.25) is 0 Å². The van der Waals surface area contributed by atoms with Gasteiger partial charge in [0.2, 0.25) is 0 Å². The zero-order valence-corrected chi connectivity index (χ0v) is 15.9. The Labute approximate surface area is 153 Å². The van der Waals surface area contributed by atoms with Crippen LogP contribution in [0.3, 0.4) is 0 Å². The van der Waals surface area contributed by atoms with Gasteiger partial charge >= 0.3 is 5.97 Å². The predicted octanol–water partition coefficient (Wildman–Crippen LogP) is 4.07. The molecule has 1 aliphatic carbocycles. The average Bonchev–Trinajstić information content (AvgIpc) is 3.47. The van der Waals surface area contributed by atoms with Gasteiger partial charge in [0, 0.05) is 10.00 Å².